The molecule has 0 bridgehead atoms. The number of aromatic nitrogens is 2. The summed E-state index contributed by atoms with van der Waals surface area (Å²) in [6, 6.07) is 52.7. The molecule has 0 aliphatic rings. The molecule has 0 fully saturated rings. The number of para-hydroxylation sites is 2. The number of furan rings is 1. The van der Waals surface area contributed by atoms with E-state index in [1.165, 1.54) is 32.2 Å². The molecular weight excluding hydrogens is 937 g/mol. The number of oxazole rings is 1. The quantitative estimate of drug-likeness (QED) is 0.118. The van der Waals surface area contributed by atoms with Crippen molar-refractivity contribution >= 4 is 50.7 Å². The molecule has 0 spiro atoms. The van der Waals surface area contributed by atoms with Gasteiger partial charge in [-0.25, -0.2) is 0 Å². The summed E-state index contributed by atoms with van der Waals surface area (Å²) in [6.07, 6.45) is 1.79. The van der Waals surface area contributed by atoms with E-state index in [0.717, 1.165) is 55.4 Å². The van der Waals surface area contributed by atoms with Crippen LogP contribution in [-0.2, 0) is 20.1 Å². The van der Waals surface area contributed by atoms with Crippen LogP contribution < -0.4 is 4.40 Å². The molecule has 0 aliphatic carbocycles. The normalized spacial score (nSPS) is 11.6. The van der Waals surface area contributed by atoms with Crippen molar-refractivity contribution < 1.29 is 28.9 Å². The molecule has 3 heterocycles. The van der Waals surface area contributed by atoms with E-state index in [0.29, 0.717) is 17.7 Å². The van der Waals surface area contributed by atoms with Crippen molar-refractivity contribution in [2.45, 2.75) is 56.8 Å². The second-order valence-corrected chi connectivity index (χ2v) is 26.7. The zero-order valence-corrected chi connectivity index (χ0v) is 38.0. The van der Waals surface area contributed by atoms with Gasteiger partial charge in [0.25, 0.3) is 0 Å². The van der Waals surface area contributed by atoms with E-state index < -0.39 is 13.3 Å². The predicted octanol–water partition coefficient (Wildman–Crippen LogP) is 13.9. The van der Waals surface area contributed by atoms with E-state index in [1.807, 2.05) is 78.9 Å². The Bertz CT molecular complexity index is 2710. The van der Waals surface area contributed by atoms with Crippen LogP contribution in [0.2, 0.25) is 17.3 Å². The molecule has 0 saturated heterocycles. The Morgan fingerprint density at radius 1 is 0.614 bits per heavy atom. The van der Waals surface area contributed by atoms with Crippen molar-refractivity contribution in [2.75, 3.05) is 0 Å². The molecule has 9 aromatic rings. The monoisotopic (exact) mass is 985 g/mol. The summed E-state index contributed by atoms with van der Waals surface area (Å²) in [7, 11) is 0. The molecule has 0 amide bonds. The average molecular weight is 984 g/mol. The van der Waals surface area contributed by atoms with Gasteiger partial charge in [-0.15, -0.1) is 54.1 Å². The van der Waals surface area contributed by atoms with Gasteiger partial charge in [0.1, 0.15) is 5.58 Å². The summed E-state index contributed by atoms with van der Waals surface area (Å²) in [5.41, 5.74) is 13.5. The third-order valence-corrected chi connectivity index (χ3v) is 14.7. The number of pyridine rings is 1. The molecular formula is C51H46GeIrN2O2-2. The Balaban J connectivity index is 0.000000326. The molecule has 0 unspecified atom stereocenters. The molecule has 57 heavy (non-hydrogen) atoms. The van der Waals surface area contributed by atoms with Crippen molar-refractivity contribution in [3.05, 3.63) is 163 Å². The Kier molecular flexibility index (Phi) is 11.8. The maximum atomic E-state index is 6.68. The van der Waals surface area contributed by atoms with Gasteiger partial charge in [-0.05, 0) is 23.4 Å². The predicted molar refractivity (Wildman–Crippen MR) is 236 cm³/mol. The molecule has 9 rings (SSSR count). The third-order valence-electron chi connectivity index (χ3n) is 10.4. The van der Waals surface area contributed by atoms with Crippen molar-refractivity contribution in [2.24, 2.45) is 0 Å². The number of hydrogen-bond donors (Lipinski definition) is 0. The number of hydrogen-bond acceptors (Lipinski definition) is 4. The number of rotatable bonds is 7. The topological polar surface area (TPSA) is 52.1 Å². The van der Waals surface area contributed by atoms with Gasteiger partial charge in [0, 0.05) is 31.7 Å². The van der Waals surface area contributed by atoms with E-state index in [1.54, 1.807) is 6.20 Å². The van der Waals surface area contributed by atoms with Crippen LogP contribution in [0.25, 0.3) is 78.0 Å². The van der Waals surface area contributed by atoms with Crippen LogP contribution in [0.5, 0.6) is 0 Å². The van der Waals surface area contributed by atoms with E-state index >= 15 is 0 Å². The minimum atomic E-state index is -1.89. The third kappa shape index (κ3) is 8.20. The summed E-state index contributed by atoms with van der Waals surface area (Å²) in [6.45, 7) is 9.14. The molecule has 1 radical (unpaired) electrons. The maximum absolute atomic E-state index is 6.68. The van der Waals surface area contributed by atoms with E-state index in [-0.39, 0.29) is 20.1 Å². The second kappa shape index (κ2) is 16.8. The molecule has 3 aromatic heterocycles. The van der Waals surface area contributed by atoms with Gasteiger partial charge in [0.2, 0.25) is 0 Å². The molecule has 0 aliphatic heterocycles. The smallest absolute Gasteiger partial charge is 0.0160 e. The fraction of sp³-hybridized carbons (Fsp3) is 0.176. The molecule has 0 atom stereocenters. The molecule has 6 heteroatoms. The van der Waals surface area contributed by atoms with Crippen LogP contribution in [0.4, 0.5) is 0 Å². The molecule has 0 saturated carbocycles. The largest absolute Gasteiger partial charge is 0.305 e. The fourth-order valence-electron chi connectivity index (χ4n) is 7.42. The van der Waals surface area contributed by atoms with E-state index in [9.17, 15) is 0 Å². The van der Waals surface area contributed by atoms with Crippen molar-refractivity contribution in [3.63, 3.8) is 0 Å². The van der Waals surface area contributed by atoms with Crippen LogP contribution in [-0.4, -0.2) is 23.2 Å². The summed E-state index contributed by atoms with van der Waals surface area (Å²) in [5, 5.41) is 2.11. The van der Waals surface area contributed by atoms with Crippen LogP contribution >= 0.6 is 0 Å². The van der Waals surface area contributed by atoms with Crippen LogP contribution in [0.1, 0.15) is 50.7 Å². The molecule has 6 aromatic carbocycles. The number of fused-ring (bicyclic) bond motifs is 4. The maximum Gasteiger partial charge on any atom is 0.0160 e. The van der Waals surface area contributed by atoms with Crippen molar-refractivity contribution in [1.29, 1.82) is 0 Å². The minimum Gasteiger partial charge on any atom is -0.305 e. The van der Waals surface area contributed by atoms with Gasteiger partial charge in [0.05, 0.1) is 5.58 Å². The first-order chi connectivity index (χ1) is 27.1. The van der Waals surface area contributed by atoms with Crippen molar-refractivity contribution in [3.8, 4) is 45.0 Å². The number of benzene rings is 6. The van der Waals surface area contributed by atoms with Gasteiger partial charge in [-0.1, -0.05) is 35.7 Å². The first-order valence-corrected chi connectivity index (χ1v) is 26.8. The Labute approximate surface area is 352 Å². The van der Waals surface area contributed by atoms with Crippen molar-refractivity contribution in [1.82, 2.24) is 9.97 Å². The fourth-order valence-corrected chi connectivity index (χ4v) is 9.86. The molecule has 0 N–H and O–H groups in total. The van der Waals surface area contributed by atoms with Crippen LogP contribution in [0, 0.1) is 12.1 Å². The Hall–Kier alpha value is -5.07. The van der Waals surface area contributed by atoms with Gasteiger partial charge < -0.3 is 9.40 Å². The summed E-state index contributed by atoms with van der Waals surface area (Å²) in [5.74, 6) is 8.50. The van der Waals surface area contributed by atoms with Crippen LogP contribution in [0.15, 0.2) is 148 Å². The number of nitrogens with zero attached hydrogens (tertiary/aromatic N) is 2. The van der Waals surface area contributed by atoms with Gasteiger partial charge >= 0.3 is 189 Å². The SMILES string of the molecule is CC(C)c1cc(-c2cc[c]([Ge]([CH3])([CH3])[CH3])cc2)cc(C(C)C)c1-c1cccc2nc(-c3[c-]ccc4c3oc3ccccc34)oc12.[Ir].[c-]1ccccc1-c1ccccn1. The first kappa shape index (κ1) is 40.1. The summed E-state index contributed by atoms with van der Waals surface area (Å²) in [4.78, 5) is 9.20. The zero-order valence-electron chi connectivity index (χ0n) is 33.5. The summed E-state index contributed by atoms with van der Waals surface area (Å²) < 4.78 is 14.5. The average Bonchev–Trinajstić information content (AvgIpc) is 3.83. The van der Waals surface area contributed by atoms with Gasteiger partial charge in [0.15, 0.2) is 0 Å². The van der Waals surface area contributed by atoms with Gasteiger partial charge in [-0.2, -0.15) is 0 Å². The molecule has 287 valence electrons. The zero-order chi connectivity index (χ0) is 39.0. The van der Waals surface area contributed by atoms with E-state index in [2.05, 4.69) is 117 Å². The molecule has 4 nitrogen and oxygen atoms in total. The second-order valence-electron chi connectivity index (χ2n) is 16.0. The Morgan fingerprint density at radius 2 is 1.33 bits per heavy atom. The van der Waals surface area contributed by atoms with Gasteiger partial charge in [-0.3, -0.25) is 0 Å². The summed E-state index contributed by atoms with van der Waals surface area (Å²) >= 11 is -1.89. The van der Waals surface area contributed by atoms with Crippen LogP contribution in [0.3, 0.4) is 0 Å². The first-order valence-electron chi connectivity index (χ1n) is 19.5. The Morgan fingerprint density at radius 3 is 2.00 bits per heavy atom. The van der Waals surface area contributed by atoms with E-state index in [4.69, 9.17) is 13.8 Å². The standard InChI is InChI=1S/C40H38GeNO2.C11H8N.Ir/c1-24(2)33-22-27(26-18-20-28(21-19-26)41(5,6)7)23-34(25(3)4)37(33)31-14-11-16-35-39(31)44-40(42-35)32-15-10-13-30-29-12-8-9-17-36(29)43-38(30)32;1-2-6-10(7-3-1)11-8-4-5-9-12-11;/h8-14,16-25H,1-7H3;1-6,8-9H;/q2*-1;. The minimum absolute atomic E-state index is 0.